The van der Waals surface area contributed by atoms with E-state index >= 15 is 0 Å². The first-order valence-corrected chi connectivity index (χ1v) is 10.1. The molecule has 1 saturated carbocycles. The summed E-state index contributed by atoms with van der Waals surface area (Å²) in [6.45, 7) is 3.65. The molecule has 1 aliphatic rings. The van der Waals surface area contributed by atoms with Gasteiger partial charge in [0.2, 0.25) is 11.7 Å². The number of hydrogen-bond donors (Lipinski definition) is 0. The van der Waals surface area contributed by atoms with Crippen LogP contribution in [0.1, 0.15) is 36.3 Å². The molecule has 1 fully saturated rings. The minimum absolute atomic E-state index is 0.257. The number of hydrogen-bond acceptors (Lipinski definition) is 5. The summed E-state index contributed by atoms with van der Waals surface area (Å²) in [5.74, 6) is 1.66. The molecule has 0 bridgehead atoms. The molecular formula is C23H26FN3O2. The first-order chi connectivity index (χ1) is 14.1. The van der Waals surface area contributed by atoms with E-state index in [1.165, 1.54) is 24.5 Å². The second-order valence-electron chi connectivity index (χ2n) is 7.63. The fraction of sp³-hybridized carbons (Fsp3) is 0.391. The Bertz CT molecular complexity index is 951. The minimum Gasteiger partial charge on any atom is -0.497 e. The summed E-state index contributed by atoms with van der Waals surface area (Å²) >= 11 is 0. The number of aromatic nitrogens is 2. The SMILES string of the molecule is COc1ccc(CN(CCCc2nc(-c3ccc(C)c(F)c3)no2)C2CC2)cc1. The van der Waals surface area contributed by atoms with Gasteiger partial charge in [0.05, 0.1) is 7.11 Å². The molecule has 0 amide bonds. The molecule has 4 rings (SSSR count). The predicted octanol–water partition coefficient (Wildman–Crippen LogP) is 4.79. The highest BCUT2D eigenvalue weighted by Crippen LogP contribution is 2.29. The minimum atomic E-state index is -0.257. The van der Waals surface area contributed by atoms with E-state index in [1.807, 2.05) is 18.2 Å². The Hall–Kier alpha value is -2.73. The largest absolute Gasteiger partial charge is 0.497 e. The molecule has 29 heavy (non-hydrogen) atoms. The Kier molecular flexibility index (Phi) is 5.90. The maximum Gasteiger partial charge on any atom is 0.227 e. The van der Waals surface area contributed by atoms with E-state index in [9.17, 15) is 4.39 Å². The smallest absolute Gasteiger partial charge is 0.227 e. The molecule has 1 heterocycles. The average Bonchev–Trinajstić information content (AvgIpc) is 3.48. The summed E-state index contributed by atoms with van der Waals surface area (Å²) in [6.07, 6.45) is 4.18. The highest BCUT2D eigenvalue weighted by molar-refractivity contribution is 5.54. The van der Waals surface area contributed by atoms with E-state index in [0.717, 1.165) is 25.3 Å². The van der Waals surface area contributed by atoms with Crippen LogP contribution in [0.15, 0.2) is 47.0 Å². The van der Waals surface area contributed by atoms with Crippen molar-refractivity contribution in [3.05, 3.63) is 65.3 Å². The summed E-state index contributed by atoms with van der Waals surface area (Å²) in [5.41, 5.74) is 2.54. The summed E-state index contributed by atoms with van der Waals surface area (Å²) < 4.78 is 24.4. The van der Waals surface area contributed by atoms with E-state index in [0.29, 0.717) is 35.3 Å². The lowest BCUT2D eigenvalue weighted by atomic mass is 10.1. The standard InChI is InChI=1S/C23H26FN3O2/c1-16-5-8-18(14-21(16)24)23-25-22(29-26-23)4-3-13-27(19-9-10-19)15-17-6-11-20(28-2)12-7-17/h5-8,11-12,14,19H,3-4,9-10,13,15H2,1-2H3. The van der Waals surface area contributed by atoms with Crippen molar-refractivity contribution in [3.8, 4) is 17.1 Å². The summed E-state index contributed by atoms with van der Waals surface area (Å²) in [4.78, 5) is 6.96. The average molecular weight is 395 g/mol. The molecule has 0 atom stereocenters. The molecule has 1 aliphatic carbocycles. The third kappa shape index (κ3) is 5.01. The van der Waals surface area contributed by atoms with Crippen LogP contribution in [0.3, 0.4) is 0 Å². The number of ether oxygens (including phenoxy) is 1. The van der Waals surface area contributed by atoms with Gasteiger partial charge >= 0.3 is 0 Å². The molecule has 0 spiro atoms. The van der Waals surface area contributed by atoms with Gasteiger partial charge in [-0.2, -0.15) is 4.98 Å². The predicted molar refractivity (Wildman–Crippen MR) is 109 cm³/mol. The van der Waals surface area contributed by atoms with Crippen LogP contribution in [0.2, 0.25) is 0 Å². The van der Waals surface area contributed by atoms with Gasteiger partial charge in [0, 0.05) is 24.6 Å². The zero-order valence-corrected chi connectivity index (χ0v) is 16.9. The van der Waals surface area contributed by atoms with Gasteiger partial charge < -0.3 is 9.26 Å². The number of rotatable bonds is 9. The molecule has 152 valence electrons. The molecule has 5 nitrogen and oxygen atoms in total. The second-order valence-corrected chi connectivity index (χ2v) is 7.63. The fourth-order valence-corrected chi connectivity index (χ4v) is 3.43. The van der Waals surface area contributed by atoms with Crippen molar-refractivity contribution in [1.29, 1.82) is 0 Å². The molecular weight excluding hydrogens is 369 g/mol. The van der Waals surface area contributed by atoms with Crippen molar-refractivity contribution in [2.45, 2.75) is 45.2 Å². The van der Waals surface area contributed by atoms with Crippen LogP contribution in [0.4, 0.5) is 4.39 Å². The van der Waals surface area contributed by atoms with Crippen molar-refractivity contribution in [2.75, 3.05) is 13.7 Å². The molecule has 0 aliphatic heterocycles. The van der Waals surface area contributed by atoms with E-state index in [4.69, 9.17) is 9.26 Å². The lowest BCUT2D eigenvalue weighted by Gasteiger charge is -2.21. The van der Waals surface area contributed by atoms with E-state index in [-0.39, 0.29) is 5.82 Å². The third-order valence-corrected chi connectivity index (χ3v) is 5.34. The lowest BCUT2D eigenvalue weighted by Crippen LogP contribution is -2.27. The quantitative estimate of drug-likeness (QED) is 0.521. The van der Waals surface area contributed by atoms with Crippen LogP contribution in [0.5, 0.6) is 5.75 Å². The molecule has 6 heteroatoms. The molecule has 1 aromatic heterocycles. The zero-order valence-electron chi connectivity index (χ0n) is 16.9. The van der Waals surface area contributed by atoms with Crippen molar-refractivity contribution in [1.82, 2.24) is 15.0 Å². The van der Waals surface area contributed by atoms with Crippen molar-refractivity contribution < 1.29 is 13.7 Å². The van der Waals surface area contributed by atoms with Crippen LogP contribution in [-0.2, 0) is 13.0 Å². The Balaban J connectivity index is 1.32. The zero-order chi connectivity index (χ0) is 20.2. The summed E-state index contributed by atoms with van der Waals surface area (Å²) in [7, 11) is 1.68. The number of halogens is 1. The second kappa shape index (κ2) is 8.74. The van der Waals surface area contributed by atoms with Crippen LogP contribution >= 0.6 is 0 Å². The monoisotopic (exact) mass is 395 g/mol. The van der Waals surface area contributed by atoms with Gasteiger partial charge in [-0.25, -0.2) is 4.39 Å². The van der Waals surface area contributed by atoms with Crippen molar-refractivity contribution >= 4 is 0 Å². The van der Waals surface area contributed by atoms with E-state index < -0.39 is 0 Å². The van der Waals surface area contributed by atoms with E-state index in [1.54, 1.807) is 20.1 Å². The number of aryl methyl sites for hydroxylation is 2. The molecule has 0 radical (unpaired) electrons. The normalized spacial score (nSPS) is 13.8. The molecule has 0 saturated heterocycles. The Morgan fingerprint density at radius 3 is 2.66 bits per heavy atom. The van der Waals surface area contributed by atoms with Gasteiger partial charge in [-0.3, -0.25) is 4.90 Å². The molecule has 2 aromatic carbocycles. The van der Waals surface area contributed by atoms with Crippen molar-refractivity contribution in [3.63, 3.8) is 0 Å². The fourth-order valence-electron chi connectivity index (χ4n) is 3.43. The van der Waals surface area contributed by atoms with Gasteiger partial charge in [-0.15, -0.1) is 0 Å². The first-order valence-electron chi connectivity index (χ1n) is 10.1. The number of nitrogens with zero attached hydrogens (tertiary/aromatic N) is 3. The third-order valence-electron chi connectivity index (χ3n) is 5.34. The van der Waals surface area contributed by atoms with Gasteiger partial charge in [0.25, 0.3) is 0 Å². The maximum atomic E-state index is 13.8. The number of methoxy groups -OCH3 is 1. The summed E-state index contributed by atoms with van der Waals surface area (Å²) in [5, 5.41) is 4.01. The summed E-state index contributed by atoms with van der Waals surface area (Å²) in [6, 6.07) is 13.9. The van der Waals surface area contributed by atoms with Crippen LogP contribution in [0, 0.1) is 12.7 Å². The van der Waals surface area contributed by atoms with Gasteiger partial charge in [0.15, 0.2) is 0 Å². The molecule has 0 unspecified atom stereocenters. The topological polar surface area (TPSA) is 51.4 Å². The van der Waals surface area contributed by atoms with Gasteiger partial charge in [-0.1, -0.05) is 29.4 Å². The highest BCUT2D eigenvalue weighted by Gasteiger charge is 2.28. The van der Waals surface area contributed by atoms with E-state index in [2.05, 4.69) is 27.2 Å². The van der Waals surface area contributed by atoms with Gasteiger partial charge in [0.1, 0.15) is 11.6 Å². The first kappa shape index (κ1) is 19.6. The van der Waals surface area contributed by atoms with Crippen molar-refractivity contribution in [2.24, 2.45) is 0 Å². The molecule has 3 aromatic rings. The molecule has 0 N–H and O–H groups in total. The maximum absolute atomic E-state index is 13.8. The van der Waals surface area contributed by atoms with Crippen LogP contribution in [0.25, 0.3) is 11.4 Å². The van der Waals surface area contributed by atoms with Crippen LogP contribution in [-0.4, -0.2) is 34.7 Å². The number of benzene rings is 2. The highest BCUT2D eigenvalue weighted by atomic mass is 19.1. The Morgan fingerprint density at radius 1 is 1.17 bits per heavy atom. The van der Waals surface area contributed by atoms with Gasteiger partial charge in [-0.05, 0) is 62.1 Å². The van der Waals surface area contributed by atoms with Crippen LogP contribution < -0.4 is 4.74 Å². The Morgan fingerprint density at radius 2 is 1.97 bits per heavy atom. The Labute approximate surface area is 170 Å². The lowest BCUT2D eigenvalue weighted by molar-refractivity contribution is 0.247.